The topological polar surface area (TPSA) is 63.4 Å². The molecule has 0 spiro atoms. The van der Waals surface area contributed by atoms with Gasteiger partial charge in [0.1, 0.15) is 0 Å². The fourth-order valence-corrected chi connectivity index (χ4v) is 4.12. The van der Waals surface area contributed by atoms with E-state index in [1.807, 2.05) is 6.92 Å². The van der Waals surface area contributed by atoms with E-state index in [0.717, 1.165) is 30.7 Å². The van der Waals surface area contributed by atoms with Gasteiger partial charge in [-0.1, -0.05) is 0 Å². The van der Waals surface area contributed by atoms with Crippen LogP contribution in [-0.4, -0.2) is 31.9 Å². The van der Waals surface area contributed by atoms with Crippen LogP contribution in [0.25, 0.3) is 0 Å². The Bertz CT molecular complexity index is 612. The predicted octanol–water partition coefficient (Wildman–Crippen LogP) is 2.45. The lowest BCUT2D eigenvalue weighted by atomic mass is 9.93. The van der Waals surface area contributed by atoms with Crippen LogP contribution in [0.3, 0.4) is 0 Å². The molecule has 4 nitrogen and oxygen atoms in total. The number of nitrogens with two attached hydrogens (primary N) is 1. The molecule has 1 aliphatic rings. The predicted molar refractivity (Wildman–Crippen MR) is 76.6 cm³/mol. The van der Waals surface area contributed by atoms with E-state index in [0.29, 0.717) is 19.5 Å². The molecule has 0 saturated carbocycles. The van der Waals surface area contributed by atoms with Gasteiger partial charge in [0, 0.05) is 19.1 Å². The smallest absolute Gasteiger partial charge is 0.328 e. The monoisotopic (exact) mass is 336 g/mol. The average Bonchev–Trinajstić information content (AvgIpc) is 2.46. The van der Waals surface area contributed by atoms with Crippen LogP contribution in [0, 0.1) is 5.92 Å². The van der Waals surface area contributed by atoms with E-state index in [1.165, 1.54) is 4.31 Å². The van der Waals surface area contributed by atoms with Gasteiger partial charge in [0.05, 0.1) is 10.5 Å². The van der Waals surface area contributed by atoms with Gasteiger partial charge in [-0.3, -0.25) is 0 Å². The maximum atomic E-state index is 12.5. The Hall–Kier alpha value is -1.12. The van der Waals surface area contributed by atoms with Crippen LogP contribution < -0.4 is 5.73 Å². The lowest BCUT2D eigenvalue weighted by Crippen LogP contribution is -2.44. The molecule has 1 heterocycles. The Balaban J connectivity index is 2.23. The molecular formula is C14H19F3N2O2S. The SMILES string of the molecule is CC(N)C1CCCN(S(=O)(=O)c2ccc(C(F)(F)F)cc2)C1. The summed E-state index contributed by atoms with van der Waals surface area (Å²) in [6.07, 6.45) is -2.92. The van der Waals surface area contributed by atoms with Crippen LogP contribution in [-0.2, 0) is 16.2 Å². The van der Waals surface area contributed by atoms with Crippen LogP contribution in [0.1, 0.15) is 25.3 Å². The minimum absolute atomic E-state index is 0.0676. The zero-order chi connectivity index (χ0) is 16.5. The number of nitrogens with zero attached hydrogens (tertiary/aromatic N) is 1. The molecule has 0 aromatic heterocycles. The summed E-state index contributed by atoms with van der Waals surface area (Å²) in [4.78, 5) is -0.120. The summed E-state index contributed by atoms with van der Waals surface area (Å²) in [5.74, 6) is 0.0676. The van der Waals surface area contributed by atoms with Gasteiger partial charge in [0.2, 0.25) is 10.0 Å². The van der Waals surface area contributed by atoms with Gasteiger partial charge >= 0.3 is 6.18 Å². The van der Waals surface area contributed by atoms with Crippen molar-refractivity contribution in [2.45, 2.75) is 36.9 Å². The van der Waals surface area contributed by atoms with Crippen LogP contribution in [0.5, 0.6) is 0 Å². The first-order valence-corrected chi connectivity index (χ1v) is 8.49. The van der Waals surface area contributed by atoms with Gasteiger partial charge in [-0.25, -0.2) is 8.42 Å². The molecule has 1 fully saturated rings. The molecule has 1 aromatic carbocycles. The number of piperidine rings is 1. The molecular weight excluding hydrogens is 317 g/mol. The summed E-state index contributed by atoms with van der Waals surface area (Å²) >= 11 is 0. The molecule has 0 bridgehead atoms. The molecule has 1 saturated heterocycles. The van der Waals surface area contributed by atoms with E-state index in [2.05, 4.69) is 0 Å². The Kier molecular flexibility index (Phi) is 4.84. The third-order valence-electron chi connectivity index (χ3n) is 3.98. The van der Waals surface area contributed by atoms with Crippen LogP contribution >= 0.6 is 0 Å². The quantitative estimate of drug-likeness (QED) is 0.922. The summed E-state index contributed by atoms with van der Waals surface area (Å²) in [6, 6.07) is 3.48. The third kappa shape index (κ3) is 3.61. The number of hydrogen-bond donors (Lipinski definition) is 1. The van der Waals surface area contributed by atoms with Gasteiger partial charge in [-0.05, 0) is 49.9 Å². The first-order valence-electron chi connectivity index (χ1n) is 7.05. The molecule has 124 valence electrons. The van der Waals surface area contributed by atoms with Crippen LogP contribution in [0.4, 0.5) is 13.2 Å². The van der Waals surface area contributed by atoms with E-state index in [4.69, 9.17) is 5.73 Å². The highest BCUT2D eigenvalue weighted by molar-refractivity contribution is 7.89. The summed E-state index contributed by atoms with van der Waals surface area (Å²) in [5.41, 5.74) is 4.97. The first kappa shape index (κ1) is 17.2. The van der Waals surface area contributed by atoms with E-state index < -0.39 is 21.8 Å². The average molecular weight is 336 g/mol. The van der Waals surface area contributed by atoms with Crippen molar-refractivity contribution in [3.8, 4) is 0 Å². The Labute approximate surface area is 128 Å². The van der Waals surface area contributed by atoms with Crippen molar-refractivity contribution in [1.29, 1.82) is 0 Å². The van der Waals surface area contributed by atoms with Crippen LogP contribution in [0.15, 0.2) is 29.2 Å². The van der Waals surface area contributed by atoms with Gasteiger partial charge in [-0.15, -0.1) is 0 Å². The summed E-state index contributed by atoms with van der Waals surface area (Å²) in [5, 5.41) is 0. The Morgan fingerprint density at radius 2 is 1.86 bits per heavy atom. The standard InChI is InChI=1S/C14H19F3N2O2S/c1-10(18)11-3-2-8-19(9-11)22(20,21)13-6-4-12(5-7-13)14(15,16)17/h4-7,10-11H,2-3,8-9,18H2,1H3. The van der Waals surface area contributed by atoms with Crippen molar-refractivity contribution in [3.63, 3.8) is 0 Å². The second kappa shape index (κ2) is 6.17. The van der Waals surface area contributed by atoms with Crippen molar-refractivity contribution >= 4 is 10.0 Å². The highest BCUT2D eigenvalue weighted by Gasteiger charge is 2.33. The third-order valence-corrected chi connectivity index (χ3v) is 5.86. The molecule has 0 aliphatic carbocycles. The fourth-order valence-electron chi connectivity index (χ4n) is 2.59. The molecule has 2 atom stereocenters. The number of hydrogen-bond acceptors (Lipinski definition) is 3. The number of sulfonamides is 1. The summed E-state index contributed by atoms with van der Waals surface area (Å²) in [6.45, 7) is 2.51. The molecule has 2 N–H and O–H groups in total. The van der Waals surface area contributed by atoms with Crippen molar-refractivity contribution < 1.29 is 21.6 Å². The lowest BCUT2D eigenvalue weighted by Gasteiger charge is -2.33. The number of rotatable bonds is 3. The lowest BCUT2D eigenvalue weighted by molar-refractivity contribution is -0.137. The molecule has 0 radical (unpaired) electrons. The van der Waals surface area contributed by atoms with Crippen molar-refractivity contribution in [2.24, 2.45) is 11.7 Å². The molecule has 8 heteroatoms. The largest absolute Gasteiger partial charge is 0.416 e. The second-order valence-corrected chi connectivity index (χ2v) is 7.58. The van der Waals surface area contributed by atoms with Crippen molar-refractivity contribution in [1.82, 2.24) is 4.31 Å². The Morgan fingerprint density at radius 3 is 2.36 bits per heavy atom. The molecule has 22 heavy (non-hydrogen) atoms. The fraction of sp³-hybridized carbons (Fsp3) is 0.571. The molecule has 2 rings (SSSR count). The number of benzene rings is 1. The minimum atomic E-state index is -4.48. The first-order chi connectivity index (χ1) is 10.1. The van der Waals surface area contributed by atoms with E-state index in [9.17, 15) is 21.6 Å². The Morgan fingerprint density at radius 1 is 1.27 bits per heavy atom. The summed E-state index contributed by atoms with van der Waals surface area (Å²) in [7, 11) is -3.78. The highest BCUT2D eigenvalue weighted by atomic mass is 32.2. The van der Waals surface area contributed by atoms with Gasteiger partial charge in [0.15, 0.2) is 0 Å². The summed E-state index contributed by atoms with van der Waals surface area (Å²) < 4.78 is 64.0. The normalized spacial score (nSPS) is 22.5. The maximum Gasteiger partial charge on any atom is 0.416 e. The molecule has 2 unspecified atom stereocenters. The van der Waals surface area contributed by atoms with Gasteiger partial charge in [-0.2, -0.15) is 17.5 Å². The van der Waals surface area contributed by atoms with E-state index in [1.54, 1.807) is 0 Å². The van der Waals surface area contributed by atoms with E-state index in [-0.39, 0.29) is 16.9 Å². The molecule has 1 aromatic rings. The maximum absolute atomic E-state index is 12.5. The highest BCUT2D eigenvalue weighted by Crippen LogP contribution is 2.31. The molecule has 1 aliphatic heterocycles. The van der Waals surface area contributed by atoms with Crippen LogP contribution in [0.2, 0.25) is 0 Å². The van der Waals surface area contributed by atoms with Gasteiger partial charge in [0.25, 0.3) is 0 Å². The molecule has 0 amide bonds. The number of halogens is 3. The minimum Gasteiger partial charge on any atom is -0.328 e. The van der Waals surface area contributed by atoms with Crippen molar-refractivity contribution in [2.75, 3.05) is 13.1 Å². The zero-order valence-electron chi connectivity index (χ0n) is 12.2. The van der Waals surface area contributed by atoms with Crippen molar-refractivity contribution in [3.05, 3.63) is 29.8 Å². The van der Waals surface area contributed by atoms with Gasteiger partial charge < -0.3 is 5.73 Å². The second-order valence-electron chi connectivity index (χ2n) is 5.65. The van der Waals surface area contributed by atoms with E-state index >= 15 is 0 Å². The zero-order valence-corrected chi connectivity index (χ0v) is 13.0. The number of alkyl halides is 3.